The van der Waals surface area contributed by atoms with Gasteiger partial charge in [-0.1, -0.05) is 36.4 Å². The number of fused-ring (bicyclic) bond motifs is 1. The standard InChI is InChI=1S/C14H16O2/c1-15-8-9-16-11-12-6-7-13-4-2-3-5-14(13)10-12/h2-7,10H,8-9,11H2,1H3. The molecule has 0 atom stereocenters. The number of ether oxygens (including phenoxy) is 2. The quantitative estimate of drug-likeness (QED) is 0.715. The molecule has 0 aromatic heterocycles. The Morgan fingerprint density at radius 3 is 2.56 bits per heavy atom. The van der Waals surface area contributed by atoms with E-state index < -0.39 is 0 Å². The lowest BCUT2D eigenvalue weighted by molar-refractivity contribution is 0.0617. The minimum atomic E-state index is 0.642. The van der Waals surface area contributed by atoms with Crippen LogP contribution in [0.1, 0.15) is 5.56 Å². The summed E-state index contributed by atoms with van der Waals surface area (Å²) < 4.78 is 10.4. The van der Waals surface area contributed by atoms with Gasteiger partial charge >= 0.3 is 0 Å². The second-order valence-corrected chi connectivity index (χ2v) is 3.73. The molecule has 0 amide bonds. The van der Waals surface area contributed by atoms with Gasteiger partial charge in [-0.2, -0.15) is 0 Å². The first-order valence-corrected chi connectivity index (χ1v) is 5.44. The van der Waals surface area contributed by atoms with E-state index >= 15 is 0 Å². The average molecular weight is 216 g/mol. The van der Waals surface area contributed by atoms with Crippen LogP contribution in [0.5, 0.6) is 0 Å². The van der Waals surface area contributed by atoms with Crippen LogP contribution in [0.2, 0.25) is 0 Å². The van der Waals surface area contributed by atoms with E-state index in [4.69, 9.17) is 9.47 Å². The summed E-state index contributed by atoms with van der Waals surface area (Å²) in [6, 6.07) is 14.7. The van der Waals surface area contributed by atoms with Crippen molar-refractivity contribution in [3.8, 4) is 0 Å². The van der Waals surface area contributed by atoms with Gasteiger partial charge in [-0.15, -0.1) is 0 Å². The van der Waals surface area contributed by atoms with Gasteiger partial charge in [0.15, 0.2) is 0 Å². The third-order valence-corrected chi connectivity index (χ3v) is 2.51. The molecule has 0 aliphatic heterocycles. The van der Waals surface area contributed by atoms with Gasteiger partial charge in [0.2, 0.25) is 0 Å². The highest BCUT2D eigenvalue weighted by Gasteiger charge is 1.96. The van der Waals surface area contributed by atoms with Gasteiger partial charge in [-0.25, -0.2) is 0 Å². The fraction of sp³-hybridized carbons (Fsp3) is 0.286. The predicted molar refractivity (Wildman–Crippen MR) is 65.5 cm³/mol. The summed E-state index contributed by atoms with van der Waals surface area (Å²) in [6.07, 6.45) is 0. The largest absolute Gasteiger partial charge is 0.382 e. The smallest absolute Gasteiger partial charge is 0.0718 e. The van der Waals surface area contributed by atoms with Gasteiger partial charge in [0.1, 0.15) is 0 Å². The normalized spacial score (nSPS) is 10.8. The Bertz CT molecular complexity index is 451. The number of rotatable bonds is 5. The fourth-order valence-electron chi connectivity index (χ4n) is 1.66. The Morgan fingerprint density at radius 1 is 0.938 bits per heavy atom. The van der Waals surface area contributed by atoms with Crippen molar-refractivity contribution >= 4 is 10.8 Å². The molecule has 0 aliphatic rings. The molecular weight excluding hydrogens is 200 g/mol. The van der Waals surface area contributed by atoms with Gasteiger partial charge in [-0.05, 0) is 22.4 Å². The summed E-state index contributed by atoms with van der Waals surface area (Å²) in [5, 5.41) is 2.53. The van der Waals surface area contributed by atoms with Crippen LogP contribution < -0.4 is 0 Å². The van der Waals surface area contributed by atoms with Gasteiger partial charge in [0, 0.05) is 7.11 Å². The van der Waals surface area contributed by atoms with Crippen LogP contribution in [0, 0.1) is 0 Å². The van der Waals surface area contributed by atoms with Crippen LogP contribution in [0.4, 0.5) is 0 Å². The van der Waals surface area contributed by atoms with Crippen LogP contribution in [-0.4, -0.2) is 20.3 Å². The van der Waals surface area contributed by atoms with Crippen molar-refractivity contribution in [2.45, 2.75) is 6.61 Å². The number of hydrogen-bond donors (Lipinski definition) is 0. The Hall–Kier alpha value is -1.38. The third kappa shape index (κ3) is 2.81. The highest BCUT2D eigenvalue weighted by atomic mass is 16.5. The van der Waals surface area contributed by atoms with Crippen molar-refractivity contribution < 1.29 is 9.47 Å². The number of hydrogen-bond acceptors (Lipinski definition) is 2. The first-order valence-electron chi connectivity index (χ1n) is 5.44. The molecule has 0 saturated heterocycles. The van der Waals surface area contributed by atoms with E-state index in [0.29, 0.717) is 19.8 Å². The molecule has 0 heterocycles. The van der Waals surface area contributed by atoms with Crippen molar-refractivity contribution in [3.63, 3.8) is 0 Å². The van der Waals surface area contributed by atoms with E-state index in [-0.39, 0.29) is 0 Å². The monoisotopic (exact) mass is 216 g/mol. The zero-order valence-corrected chi connectivity index (χ0v) is 9.48. The molecule has 2 rings (SSSR count). The summed E-state index contributed by atoms with van der Waals surface area (Å²) >= 11 is 0. The summed E-state index contributed by atoms with van der Waals surface area (Å²) in [5.74, 6) is 0. The maximum atomic E-state index is 5.48. The van der Waals surface area contributed by atoms with E-state index in [1.807, 2.05) is 0 Å². The first-order chi connectivity index (χ1) is 7.90. The van der Waals surface area contributed by atoms with Crippen LogP contribution in [0.15, 0.2) is 42.5 Å². The zero-order valence-electron chi connectivity index (χ0n) is 9.48. The maximum Gasteiger partial charge on any atom is 0.0718 e. The third-order valence-electron chi connectivity index (χ3n) is 2.51. The topological polar surface area (TPSA) is 18.5 Å². The van der Waals surface area contributed by atoms with E-state index in [1.54, 1.807) is 7.11 Å². The summed E-state index contributed by atoms with van der Waals surface area (Å²) in [4.78, 5) is 0. The fourth-order valence-corrected chi connectivity index (χ4v) is 1.66. The van der Waals surface area contributed by atoms with E-state index in [0.717, 1.165) is 0 Å². The van der Waals surface area contributed by atoms with Gasteiger partial charge in [0.05, 0.1) is 19.8 Å². The van der Waals surface area contributed by atoms with Gasteiger partial charge in [0.25, 0.3) is 0 Å². The zero-order chi connectivity index (χ0) is 11.2. The number of benzene rings is 2. The number of methoxy groups -OCH3 is 1. The molecule has 16 heavy (non-hydrogen) atoms. The lowest BCUT2D eigenvalue weighted by Gasteiger charge is -2.05. The Kier molecular flexibility index (Phi) is 3.91. The second-order valence-electron chi connectivity index (χ2n) is 3.73. The van der Waals surface area contributed by atoms with Gasteiger partial charge < -0.3 is 9.47 Å². The van der Waals surface area contributed by atoms with Crippen molar-refractivity contribution in [3.05, 3.63) is 48.0 Å². The molecule has 2 nitrogen and oxygen atoms in total. The van der Waals surface area contributed by atoms with Crippen molar-refractivity contribution in [1.82, 2.24) is 0 Å². The first kappa shape index (κ1) is 11.1. The van der Waals surface area contributed by atoms with E-state index in [1.165, 1.54) is 16.3 Å². The summed E-state index contributed by atoms with van der Waals surface area (Å²) in [5.41, 5.74) is 1.20. The average Bonchev–Trinajstić information content (AvgIpc) is 2.34. The molecule has 0 bridgehead atoms. The SMILES string of the molecule is COCCOCc1ccc2ccccc2c1. The molecule has 0 saturated carbocycles. The maximum absolute atomic E-state index is 5.48. The summed E-state index contributed by atoms with van der Waals surface area (Å²) in [7, 11) is 1.68. The second kappa shape index (κ2) is 5.64. The van der Waals surface area contributed by atoms with Crippen molar-refractivity contribution in [1.29, 1.82) is 0 Å². The van der Waals surface area contributed by atoms with Crippen LogP contribution >= 0.6 is 0 Å². The van der Waals surface area contributed by atoms with Crippen LogP contribution in [-0.2, 0) is 16.1 Å². The van der Waals surface area contributed by atoms with Crippen LogP contribution in [0.25, 0.3) is 10.8 Å². The van der Waals surface area contributed by atoms with E-state index in [9.17, 15) is 0 Å². The minimum absolute atomic E-state index is 0.642. The molecule has 2 aromatic carbocycles. The molecule has 0 N–H and O–H groups in total. The summed E-state index contributed by atoms with van der Waals surface area (Å²) in [6.45, 7) is 1.94. The molecule has 0 fully saturated rings. The van der Waals surface area contributed by atoms with E-state index in [2.05, 4.69) is 42.5 Å². The molecule has 0 unspecified atom stereocenters. The van der Waals surface area contributed by atoms with Crippen molar-refractivity contribution in [2.24, 2.45) is 0 Å². The Morgan fingerprint density at radius 2 is 1.75 bits per heavy atom. The lowest BCUT2D eigenvalue weighted by atomic mass is 10.1. The molecular formula is C14H16O2. The highest BCUT2D eigenvalue weighted by molar-refractivity contribution is 5.82. The molecule has 2 aromatic rings. The van der Waals surface area contributed by atoms with Crippen LogP contribution in [0.3, 0.4) is 0 Å². The molecule has 0 aliphatic carbocycles. The Balaban J connectivity index is 2.02. The highest BCUT2D eigenvalue weighted by Crippen LogP contribution is 2.15. The molecule has 0 radical (unpaired) electrons. The van der Waals surface area contributed by atoms with Crippen molar-refractivity contribution in [2.75, 3.05) is 20.3 Å². The predicted octanol–water partition coefficient (Wildman–Crippen LogP) is 3.00. The molecule has 0 spiro atoms. The molecule has 84 valence electrons. The minimum Gasteiger partial charge on any atom is -0.382 e. The van der Waals surface area contributed by atoms with Gasteiger partial charge in [-0.3, -0.25) is 0 Å². The molecule has 2 heteroatoms. The lowest BCUT2D eigenvalue weighted by Crippen LogP contribution is -2.01. The Labute approximate surface area is 95.8 Å².